The van der Waals surface area contributed by atoms with E-state index in [0.717, 1.165) is 49.5 Å². The first-order valence-electron chi connectivity index (χ1n) is 9.83. The molecule has 0 spiro atoms. The number of hydrogen-bond acceptors (Lipinski definition) is 3. The van der Waals surface area contributed by atoms with Crippen molar-refractivity contribution in [3.63, 3.8) is 0 Å². The third kappa shape index (κ3) is 4.96. The van der Waals surface area contributed by atoms with Crippen molar-refractivity contribution in [3.8, 4) is 0 Å². The zero-order valence-corrected chi connectivity index (χ0v) is 17.0. The number of amides is 1. The van der Waals surface area contributed by atoms with Crippen LogP contribution in [-0.2, 0) is 11.3 Å². The Labute approximate surface area is 163 Å². The van der Waals surface area contributed by atoms with Gasteiger partial charge in [-0.3, -0.25) is 14.6 Å². The van der Waals surface area contributed by atoms with Gasteiger partial charge in [-0.1, -0.05) is 48.0 Å². The van der Waals surface area contributed by atoms with Gasteiger partial charge in [0.15, 0.2) is 0 Å². The van der Waals surface area contributed by atoms with Gasteiger partial charge in [-0.25, -0.2) is 0 Å². The van der Waals surface area contributed by atoms with Gasteiger partial charge in [0.1, 0.15) is 0 Å². The van der Waals surface area contributed by atoms with Crippen molar-refractivity contribution in [1.82, 2.24) is 9.80 Å². The molecule has 2 aromatic carbocycles. The van der Waals surface area contributed by atoms with Gasteiger partial charge in [-0.15, -0.1) is 0 Å². The van der Waals surface area contributed by atoms with E-state index in [9.17, 15) is 4.79 Å². The predicted octanol–water partition coefficient (Wildman–Crippen LogP) is 3.76. The zero-order valence-electron chi connectivity index (χ0n) is 17.0. The average molecular weight is 366 g/mol. The quantitative estimate of drug-likeness (QED) is 0.876. The molecule has 1 amide bonds. The second kappa shape index (κ2) is 8.68. The third-order valence-corrected chi connectivity index (χ3v) is 5.55. The zero-order chi connectivity index (χ0) is 19.4. The number of carbonyl (C=O) groups excluding carboxylic acids is 1. The molecule has 144 valence electrons. The first-order valence-corrected chi connectivity index (χ1v) is 9.83. The van der Waals surface area contributed by atoms with Crippen LogP contribution in [-0.4, -0.2) is 47.9 Å². The Balaban J connectivity index is 1.53. The van der Waals surface area contributed by atoms with Crippen LogP contribution in [0.25, 0.3) is 0 Å². The fourth-order valence-electron chi connectivity index (χ4n) is 3.78. The van der Waals surface area contributed by atoms with Crippen molar-refractivity contribution in [2.45, 2.75) is 40.3 Å². The van der Waals surface area contributed by atoms with Crippen LogP contribution in [0.1, 0.15) is 29.2 Å². The summed E-state index contributed by atoms with van der Waals surface area (Å²) in [4.78, 5) is 17.5. The molecule has 27 heavy (non-hydrogen) atoms. The summed E-state index contributed by atoms with van der Waals surface area (Å²) < 4.78 is 0. The normalized spacial score (nSPS) is 16.9. The van der Waals surface area contributed by atoms with E-state index in [-0.39, 0.29) is 11.9 Å². The lowest BCUT2D eigenvalue weighted by atomic mass is 10.1. The van der Waals surface area contributed by atoms with Gasteiger partial charge >= 0.3 is 0 Å². The highest BCUT2D eigenvalue weighted by atomic mass is 16.2. The second-order valence-corrected chi connectivity index (χ2v) is 7.73. The number of nitrogens with one attached hydrogen (secondary N) is 1. The average Bonchev–Trinajstić information content (AvgIpc) is 2.65. The van der Waals surface area contributed by atoms with Crippen LogP contribution < -0.4 is 5.32 Å². The number of hydrogen-bond donors (Lipinski definition) is 1. The summed E-state index contributed by atoms with van der Waals surface area (Å²) in [6, 6.07) is 14.7. The highest BCUT2D eigenvalue weighted by molar-refractivity contribution is 5.95. The maximum Gasteiger partial charge on any atom is 0.241 e. The van der Waals surface area contributed by atoms with E-state index in [1.54, 1.807) is 0 Å². The molecular weight excluding hydrogens is 334 g/mol. The molecule has 1 atom stereocenters. The van der Waals surface area contributed by atoms with Crippen molar-refractivity contribution in [1.29, 1.82) is 0 Å². The molecule has 4 heteroatoms. The first kappa shape index (κ1) is 19.6. The molecular formula is C23H31N3O. The van der Waals surface area contributed by atoms with Crippen molar-refractivity contribution in [2.75, 3.05) is 31.5 Å². The summed E-state index contributed by atoms with van der Waals surface area (Å²) >= 11 is 0. The van der Waals surface area contributed by atoms with Gasteiger partial charge in [0.05, 0.1) is 6.04 Å². The van der Waals surface area contributed by atoms with Gasteiger partial charge in [0.25, 0.3) is 0 Å². The summed E-state index contributed by atoms with van der Waals surface area (Å²) in [6.45, 7) is 13.1. The van der Waals surface area contributed by atoms with Gasteiger partial charge in [-0.2, -0.15) is 0 Å². The van der Waals surface area contributed by atoms with Crippen molar-refractivity contribution < 1.29 is 4.79 Å². The summed E-state index contributed by atoms with van der Waals surface area (Å²) in [5, 5.41) is 3.14. The molecule has 1 fully saturated rings. The number of carbonyl (C=O) groups is 1. The molecule has 1 aliphatic heterocycles. The van der Waals surface area contributed by atoms with E-state index in [1.807, 2.05) is 39.0 Å². The number of rotatable bonds is 5. The van der Waals surface area contributed by atoms with E-state index in [0.29, 0.717) is 0 Å². The van der Waals surface area contributed by atoms with Crippen LogP contribution >= 0.6 is 0 Å². The minimum atomic E-state index is -0.120. The molecule has 3 rings (SSSR count). The van der Waals surface area contributed by atoms with E-state index in [2.05, 4.69) is 46.3 Å². The van der Waals surface area contributed by atoms with Crippen LogP contribution in [0, 0.1) is 20.8 Å². The van der Waals surface area contributed by atoms with Crippen LogP contribution in [0.2, 0.25) is 0 Å². The van der Waals surface area contributed by atoms with E-state index < -0.39 is 0 Å². The van der Waals surface area contributed by atoms with Gasteiger partial charge in [0.2, 0.25) is 5.91 Å². The number of nitrogens with zero attached hydrogens (tertiary/aromatic N) is 2. The fraction of sp³-hybridized carbons (Fsp3) is 0.435. The molecule has 1 aliphatic rings. The molecule has 0 aliphatic carbocycles. The van der Waals surface area contributed by atoms with Gasteiger partial charge in [-0.05, 0) is 44.4 Å². The largest absolute Gasteiger partial charge is 0.324 e. The van der Waals surface area contributed by atoms with Gasteiger partial charge < -0.3 is 5.32 Å². The van der Waals surface area contributed by atoms with Crippen LogP contribution in [0.5, 0.6) is 0 Å². The Morgan fingerprint density at radius 2 is 1.63 bits per heavy atom. The monoisotopic (exact) mass is 365 g/mol. The summed E-state index contributed by atoms with van der Waals surface area (Å²) in [7, 11) is 0. The van der Waals surface area contributed by atoms with Crippen molar-refractivity contribution >= 4 is 11.6 Å². The Kier molecular flexibility index (Phi) is 6.30. The molecule has 1 saturated heterocycles. The van der Waals surface area contributed by atoms with Crippen LogP contribution in [0.4, 0.5) is 5.69 Å². The maximum atomic E-state index is 12.8. The number of para-hydroxylation sites is 1. The topological polar surface area (TPSA) is 35.6 Å². The Morgan fingerprint density at radius 3 is 2.26 bits per heavy atom. The third-order valence-electron chi connectivity index (χ3n) is 5.55. The minimum absolute atomic E-state index is 0.0829. The summed E-state index contributed by atoms with van der Waals surface area (Å²) in [6.07, 6.45) is 0. The minimum Gasteiger partial charge on any atom is -0.324 e. The van der Waals surface area contributed by atoms with Gasteiger partial charge in [0, 0.05) is 38.4 Å². The standard InChI is InChI=1S/C23H31N3O/c1-17-7-5-10-21(15-17)16-25-11-13-26(14-12-25)20(4)23(27)24-22-18(2)8-6-9-19(22)3/h5-10,15,20H,11-14,16H2,1-4H3,(H,24,27). The summed E-state index contributed by atoms with van der Waals surface area (Å²) in [5.41, 5.74) is 5.84. The smallest absolute Gasteiger partial charge is 0.241 e. The Hall–Kier alpha value is -2.17. The van der Waals surface area contributed by atoms with Crippen molar-refractivity contribution in [3.05, 3.63) is 64.7 Å². The lowest BCUT2D eigenvalue weighted by Crippen LogP contribution is -2.52. The number of anilines is 1. The van der Waals surface area contributed by atoms with Crippen LogP contribution in [0.15, 0.2) is 42.5 Å². The molecule has 0 aromatic heterocycles. The molecule has 4 nitrogen and oxygen atoms in total. The van der Waals surface area contributed by atoms with E-state index in [1.165, 1.54) is 11.1 Å². The molecule has 1 unspecified atom stereocenters. The SMILES string of the molecule is Cc1cccc(CN2CCN(C(C)C(=O)Nc3c(C)cccc3C)CC2)c1. The summed E-state index contributed by atoms with van der Waals surface area (Å²) in [5.74, 6) is 0.0829. The maximum absolute atomic E-state index is 12.8. The van der Waals surface area contributed by atoms with E-state index in [4.69, 9.17) is 0 Å². The molecule has 0 bridgehead atoms. The molecule has 1 heterocycles. The number of benzene rings is 2. The second-order valence-electron chi connectivity index (χ2n) is 7.73. The molecule has 0 radical (unpaired) electrons. The molecule has 0 saturated carbocycles. The predicted molar refractivity (Wildman–Crippen MR) is 112 cm³/mol. The highest BCUT2D eigenvalue weighted by Crippen LogP contribution is 2.20. The highest BCUT2D eigenvalue weighted by Gasteiger charge is 2.26. The molecule has 2 aromatic rings. The van der Waals surface area contributed by atoms with E-state index >= 15 is 0 Å². The lowest BCUT2D eigenvalue weighted by Gasteiger charge is -2.37. The number of aryl methyl sites for hydroxylation is 3. The van der Waals surface area contributed by atoms with Crippen molar-refractivity contribution in [2.24, 2.45) is 0 Å². The fourth-order valence-corrected chi connectivity index (χ4v) is 3.78. The van der Waals surface area contributed by atoms with Crippen LogP contribution in [0.3, 0.4) is 0 Å². The lowest BCUT2D eigenvalue weighted by molar-refractivity contribution is -0.121. The Bertz CT molecular complexity index is 774. The molecule has 1 N–H and O–H groups in total. The number of piperazine rings is 1. The Morgan fingerprint density at radius 1 is 1.00 bits per heavy atom. The first-order chi connectivity index (χ1) is 12.9.